The smallest absolute Gasteiger partial charge is 0.179 e. The topological polar surface area (TPSA) is 3.24 Å². The molecular formula is C62H45NSi. The highest BCUT2D eigenvalue weighted by Crippen LogP contribution is 2.38. The van der Waals surface area contributed by atoms with Crippen molar-refractivity contribution in [1.82, 2.24) is 0 Å². The van der Waals surface area contributed by atoms with Crippen LogP contribution in [0.3, 0.4) is 0 Å². The van der Waals surface area contributed by atoms with Crippen LogP contribution >= 0.6 is 0 Å². The van der Waals surface area contributed by atoms with E-state index in [-0.39, 0.29) is 0 Å². The van der Waals surface area contributed by atoms with Crippen molar-refractivity contribution < 1.29 is 0 Å². The third kappa shape index (κ3) is 7.30. The van der Waals surface area contributed by atoms with Crippen molar-refractivity contribution in [3.63, 3.8) is 0 Å². The zero-order valence-corrected chi connectivity index (χ0v) is 36.4. The van der Waals surface area contributed by atoms with E-state index in [1.165, 1.54) is 75.7 Å². The fourth-order valence-electron chi connectivity index (χ4n) is 9.58. The fourth-order valence-corrected chi connectivity index (χ4v) is 14.3. The summed E-state index contributed by atoms with van der Waals surface area (Å²) in [6.45, 7) is 0. The number of rotatable bonds is 10. The largest absolute Gasteiger partial charge is 0.311 e. The molecule has 64 heavy (non-hydrogen) atoms. The van der Waals surface area contributed by atoms with E-state index in [2.05, 4.69) is 278 Å². The monoisotopic (exact) mass is 831 g/mol. The van der Waals surface area contributed by atoms with Crippen molar-refractivity contribution in [3.8, 4) is 33.4 Å². The lowest BCUT2D eigenvalue weighted by molar-refractivity contribution is 1.28. The van der Waals surface area contributed by atoms with Gasteiger partial charge in [-0.25, -0.2) is 0 Å². The quantitative estimate of drug-likeness (QED) is 0.0980. The molecule has 0 N–H and O–H groups in total. The van der Waals surface area contributed by atoms with E-state index >= 15 is 0 Å². The van der Waals surface area contributed by atoms with Crippen molar-refractivity contribution in [3.05, 3.63) is 273 Å². The number of hydrogen-bond donors (Lipinski definition) is 0. The van der Waals surface area contributed by atoms with Crippen LogP contribution in [0.5, 0.6) is 0 Å². The Labute approximate surface area is 376 Å². The van der Waals surface area contributed by atoms with Crippen molar-refractivity contribution in [2.45, 2.75) is 0 Å². The third-order valence-electron chi connectivity index (χ3n) is 12.8. The third-order valence-corrected chi connectivity index (χ3v) is 17.6. The molecule has 0 aliphatic carbocycles. The van der Waals surface area contributed by atoms with E-state index in [1.807, 2.05) is 0 Å². The highest BCUT2D eigenvalue weighted by molar-refractivity contribution is 7.19. The molecule has 302 valence electrons. The van der Waals surface area contributed by atoms with Crippen molar-refractivity contribution >= 4 is 67.4 Å². The normalized spacial score (nSPS) is 11.4. The number of hydrogen-bond acceptors (Lipinski definition) is 1. The van der Waals surface area contributed by atoms with Gasteiger partial charge >= 0.3 is 0 Å². The van der Waals surface area contributed by atoms with E-state index in [9.17, 15) is 0 Å². The number of benzene rings is 11. The van der Waals surface area contributed by atoms with Crippen LogP contribution in [0.15, 0.2) is 273 Å². The summed E-state index contributed by atoms with van der Waals surface area (Å²) in [5, 5.41) is 10.4. The maximum absolute atomic E-state index is 2.68. The molecule has 0 unspecified atom stereocenters. The summed E-state index contributed by atoms with van der Waals surface area (Å²) in [6.07, 6.45) is 0. The van der Waals surface area contributed by atoms with Crippen molar-refractivity contribution in [1.29, 1.82) is 0 Å². The Kier molecular flexibility index (Phi) is 10.3. The Morgan fingerprint density at radius 3 is 0.906 bits per heavy atom. The maximum atomic E-state index is 2.39. The van der Waals surface area contributed by atoms with Crippen LogP contribution in [-0.4, -0.2) is 8.07 Å². The standard InChI is InChI=1S/C62H45NSi/c1-5-15-46(16-6-1)51-27-29-55-45-53(28-30-54(55)44-51)49-33-37-57(38-34-49)63(56-35-31-48(32-36-56)52-26-25-47-17-13-14-18-50(47)43-52)58-39-41-62(42-40-58)64(59-19-7-2-8-20-59,60-21-9-3-10-22-60)61-23-11-4-12-24-61/h1-45H. The van der Waals surface area contributed by atoms with E-state index < -0.39 is 8.07 Å². The molecule has 0 radical (unpaired) electrons. The van der Waals surface area contributed by atoms with Crippen LogP contribution in [-0.2, 0) is 0 Å². The van der Waals surface area contributed by atoms with Crippen LogP contribution in [0.25, 0.3) is 54.9 Å². The second kappa shape index (κ2) is 17.0. The Hall–Kier alpha value is -8.04. The molecule has 0 aliphatic rings. The minimum atomic E-state index is -2.68. The van der Waals surface area contributed by atoms with Gasteiger partial charge in [-0.05, 0) is 130 Å². The van der Waals surface area contributed by atoms with Crippen LogP contribution in [0.1, 0.15) is 0 Å². The van der Waals surface area contributed by atoms with Gasteiger partial charge in [0.2, 0.25) is 0 Å². The molecule has 0 amide bonds. The molecule has 0 bridgehead atoms. The first-order chi connectivity index (χ1) is 31.7. The number of fused-ring (bicyclic) bond motifs is 2. The first kappa shape index (κ1) is 38.8. The molecule has 0 saturated carbocycles. The highest BCUT2D eigenvalue weighted by Gasteiger charge is 2.41. The second-order valence-electron chi connectivity index (χ2n) is 16.5. The number of nitrogens with zero attached hydrogens (tertiary/aromatic N) is 1. The van der Waals surface area contributed by atoms with E-state index in [0.717, 1.165) is 17.1 Å². The minimum Gasteiger partial charge on any atom is -0.311 e. The van der Waals surface area contributed by atoms with Crippen LogP contribution in [0, 0.1) is 0 Å². The molecule has 11 aromatic carbocycles. The molecule has 0 aromatic heterocycles. The van der Waals surface area contributed by atoms with Crippen LogP contribution in [0.2, 0.25) is 0 Å². The Morgan fingerprint density at radius 2 is 0.484 bits per heavy atom. The second-order valence-corrected chi connectivity index (χ2v) is 20.3. The Bertz CT molecular complexity index is 3230. The summed E-state index contributed by atoms with van der Waals surface area (Å²) in [5.74, 6) is 0. The van der Waals surface area contributed by atoms with E-state index in [0.29, 0.717) is 0 Å². The molecule has 0 atom stereocenters. The van der Waals surface area contributed by atoms with Gasteiger partial charge in [-0.3, -0.25) is 0 Å². The van der Waals surface area contributed by atoms with Gasteiger partial charge < -0.3 is 4.90 Å². The summed E-state index contributed by atoms with van der Waals surface area (Å²) in [5.41, 5.74) is 10.6. The number of anilines is 3. The van der Waals surface area contributed by atoms with Gasteiger partial charge in [-0.1, -0.05) is 218 Å². The van der Waals surface area contributed by atoms with E-state index in [1.54, 1.807) is 0 Å². The van der Waals surface area contributed by atoms with Gasteiger partial charge in [0, 0.05) is 17.1 Å². The minimum absolute atomic E-state index is 1.10. The van der Waals surface area contributed by atoms with Crippen LogP contribution < -0.4 is 25.6 Å². The molecular weight excluding hydrogens is 787 g/mol. The van der Waals surface area contributed by atoms with Crippen molar-refractivity contribution in [2.24, 2.45) is 0 Å². The van der Waals surface area contributed by atoms with Gasteiger partial charge in [0.15, 0.2) is 8.07 Å². The average molecular weight is 832 g/mol. The Morgan fingerprint density at radius 1 is 0.203 bits per heavy atom. The maximum Gasteiger partial charge on any atom is 0.179 e. The molecule has 0 spiro atoms. The molecule has 2 heteroatoms. The van der Waals surface area contributed by atoms with Gasteiger partial charge in [0.25, 0.3) is 0 Å². The predicted molar refractivity (Wildman–Crippen MR) is 276 cm³/mol. The van der Waals surface area contributed by atoms with Gasteiger partial charge in [0.1, 0.15) is 0 Å². The van der Waals surface area contributed by atoms with Crippen molar-refractivity contribution in [2.75, 3.05) is 4.90 Å². The van der Waals surface area contributed by atoms with Gasteiger partial charge in [-0.15, -0.1) is 0 Å². The highest BCUT2D eigenvalue weighted by atomic mass is 28.3. The zero-order chi connectivity index (χ0) is 42.7. The lowest BCUT2D eigenvalue weighted by Crippen LogP contribution is -2.74. The average Bonchev–Trinajstić information content (AvgIpc) is 3.38. The molecule has 11 rings (SSSR count). The van der Waals surface area contributed by atoms with Crippen LogP contribution in [0.4, 0.5) is 17.1 Å². The van der Waals surface area contributed by atoms with Gasteiger partial charge in [-0.2, -0.15) is 0 Å². The molecule has 0 saturated heterocycles. The summed E-state index contributed by atoms with van der Waals surface area (Å²) >= 11 is 0. The lowest BCUT2D eigenvalue weighted by Gasteiger charge is -2.35. The summed E-state index contributed by atoms with van der Waals surface area (Å²) in [4.78, 5) is 2.39. The lowest BCUT2D eigenvalue weighted by atomic mass is 9.97. The molecule has 1 nitrogen and oxygen atoms in total. The zero-order valence-electron chi connectivity index (χ0n) is 35.4. The first-order valence-corrected chi connectivity index (χ1v) is 24.1. The SMILES string of the molecule is c1ccc(-c2ccc3cc(-c4ccc(N(c5ccc(-c6ccc7ccccc7c6)cc5)c5ccc([Si](c6ccccc6)(c6ccccc6)c6ccccc6)cc5)cc4)ccc3c2)cc1. The first-order valence-electron chi connectivity index (χ1n) is 22.1. The Balaban J connectivity index is 0.997. The summed E-state index contributed by atoms with van der Waals surface area (Å²) < 4.78 is 0. The molecule has 0 fully saturated rings. The molecule has 11 aromatic rings. The molecule has 0 heterocycles. The van der Waals surface area contributed by atoms with Gasteiger partial charge in [0.05, 0.1) is 0 Å². The molecule has 0 aliphatic heterocycles. The van der Waals surface area contributed by atoms with E-state index in [4.69, 9.17) is 0 Å². The fraction of sp³-hybridized carbons (Fsp3) is 0. The summed E-state index contributed by atoms with van der Waals surface area (Å²) in [6, 6.07) is 100. The predicted octanol–water partition coefficient (Wildman–Crippen LogP) is 13.8. The summed E-state index contributed by atoms with van der Waals surface area (Å²) in [7, 11) is -2.68.